The molecule has 3 rings (SSSR count). The van der Waals surface area contributed by atoms with Gasteiger partial charge in [-0.15, -0.1) is 10.2 Å². The quantitative estimate of drug-likeness (QED) is 0.452. The number of nitrogens with one attached hydrogen (secondary N) is 1. The molecule has 1 heterocycles. The smallest absolute Gasteiger partial charge is 0.338 e. The maximum absolute atomic E-state index is 12.1. The zero-order valence-corrected chi connectivity index (χ0v) is 16.4. The molecule has 0 atom stereocenters. The summed E-state index contributed by atoms with van der Waals surface area (Å²) in [6.07, 6.45) is 0. The fourth-order valence-corrected chi connectivity index (χ4v) is 3.02. The van der Waals surface area contributed by atoms with Gasteiger partial charge in [-0.1, -0.05) is 35.5 Å². The molecular weight excluding hydrogens is 402 g/mol. The Morgan fingerprint density at radius 3 is 2.61 bits per heavy atom. The van der Waals surface area contributed by atoms with Crippen molar-refractivity contribution < 1.29 is 18.7 Å². The lowest BCUT2D eigenvalue weighted by molar-refractivity contribution is -0.113. The largest absolute Gasteiger partial charge is 0.462 e. The van der Waals surface area contributed by atoms with E-state index in [4.69, 9.17) is 20.8 Å². The Morgan fingerprint density at radius 2 is 1.89 bits per heavy atom. The van der Waals surface area contributed by atoms with E-state index < -0.39 is 5.97 Å². The van der Waals surface area contributed by atoms with Crippen LogP contribution in [0.5, 0.6) is 0 Å². The number of thioether (sulfide) groups is 1. The predicted molar refractivity (Wildman–Crippen MR) is 106 cm³/mol. The molecular formula is C19H16ClN3O4S. The number of anilines is 1. The third-order valence-electron chi connectivity index (χ3n) is 3.52. The molecule has 0 unspecified atom stereocenters. The minimum absolute atomic E-state index is 0.0871. The van der Waals surface area contributed by atoms with Crippen LogP contribution in [0, 0.1) is 0 Å². The van der Waals surface area contributed by atoms with Gasteiger partial charge in [0.15, 0.2) is 0 Å². The van der Waals surface area contributed by atoms with Gasteiger partial charge in [-0.2, -0.15) is 0 Å². The molecule has 0 saturated heterocycles. The van der Waals surface area contributed by atoms with Crippen LogP contribution < -0.4 is 5.32 Å². The van der Waals surface area contributed by atoms with Crippen molar-refractivity contribution in [1.82, 2.24) is 10.2 Å². The molecule has 9 heteroatoms. The highest BCUT2D eigenvalue weighted by molar-refractivity contribution is 7.99. The van der Waals surface area contributed by atoms with Crippen LogP contribution >= 0.6 is 23.4 Å². The maximum Gasteiger partial charge on any atom is 0.338 e. The molecule has 1 N–H and O–H groups in total. The summed E-state index contributed by atoms with van der Waals surface area (Å²) in [5.74, 6) is -0.264. The Balaban J connectivity index is 1.54. The second-order valence-corrected chi connectivity index (χ2v) is 6.82. The Bertz CT molecular complexity index is 975. The normalized spacial score (nSPS) is 10.5. The molecule has 0 radical (unpaired) electrons. The molecule has 1 aromatic heterocycles. The summed E-state index contributed by atoms with van der Waals surface area (Å²) in [5.41, 5.74) is 1.63. The van der Waals surface area contributed by atoms with Crippen LogP contribution in [-0.2, 0) is 9.53 Å². The number of nitrogens with zero attached hydrogens (tertiary/aromatic N) is 2. The first-order chi connectivity index (χ1) is 13.6. The van der Waals surface area contributed by atoms with Gasteiger partial charge in [0.05, 0.1) is 28.5 Å². The summed E-state index contributed by atoms with van der Waals surface area (Å²) < 4.78 is 10.5. The average Bonchev–Trinajstić information content (AvgIpc) is 3.16. The van der Waals surface area contributed by atoms with E-state index in [-0.39, 0.29) is 16.9 Å². The molecule has 0 saturated carbocycles. The van der Waals surface area contributed by atoms with E-state index in [2.05, 4.69) is 15.5 Å². The predicted octanol–water partition coefficient (Wildman–Crippen LogP) is 4.30. The average molecular weight is 418 g/mol. The fourth-order valence-electron chi connectivity index (χ4n) is 2.24. The van der Waals surface area contributed by atoms with E-state index in [1.807, 2.05) is 12.1 Å². The van der Waals surface area contributed by atoms with Gasteiger partial charge in [0.1, 0.15) is 0 Å². The third kappa shape index (κ3) is 5.11. The van der Waals surface area contributed by atoms with Crippen LogP contribution in [0.2, 0.25) is 5.02 Å². The van der Waals surface area contributed by atoms with Crippen LogP contribution in [-0.4, -0.2) is 34.4 Å². The molecule has 0 aliphatic rings. The summed E-state index contributed by atoms with van der Waals surface area (Å²) in [6, 6.07) is 13.6. The standard InChI is InChI=1S/C19H16ClN3O4S/c1-2-26-18(25)12-7-9-13(10-8-12)21-16(24)11-28-19-23-22-17(27-19)14-5-3-4-6-15(14)20/h3-10H,2,11H2,1H3,(H,21,24). The van der Waals surface area contributed by atoms with Crippen LogP contribution in [0.15, 0.2) is 58.2 Å². The van der Waals surface area contributed by atoms with Crippen molar-refractivity contribution in [3.05, 3.63) is 59.1 Å². The van der Waals surface area contributed by atoms with E-state index in [0.29, 0.717) is 34.3 Å². The van der Waals surface area contributed by atoms with Crippen molar-refractivity contribution in [2.75, 3.05) is 17.7 Å². The first-order valence-electron chi connectivity index (χ1n) is 8.35. The van der Waals surface area contributed by atoms with Crippen LogP contribution in [0.1, 0.15) is 17.3 Å². The van der Waals surface area contributed by atoms with Gasteiger partial charge < -0.3 is 14.5 Å². The first kappa shape index (κ1) is 19.9. The Hall–Kier alpha value is -2.84. The van der Waals surface area contributed by atoms with E-state index >= 15 is 0 Å². The van der Waals surface area contributed by atoms with Crippen molar-refractivity contribution in [1.29, 1.82) is 0 Å². The number of benzene rings is 2. The summed E-state index contributed by atoms with van der Waals surface area (Å²) >= 11 is 7.22. The number of rotatable bonds is 7. The molecule has 7 nitrogen and oxygen atoms in total. The SMILES string of the molecule is CCOC(=O)c1ccc(NC(=O)CSc2nnc(-c3ccccc3Cl)o2)cc1. The number of amides is 1. The summed E-state index contributed by atoms with van der Waals surface area (Å²) in [5, 5.41) is 11.4. The zero-order valence-electron chi connectivity index (χ0n) is 14.8. The number of carbonyl (C=O) groups excluding carboxylic acids is 2. The lowest BCUT2D eigenvalue weighted by Crippen LogP contribution is -2.14. The highest BCUT2D eigenvalue weighted by atomic mass is 35.5. The highest BCUT2D eigenvalue weighted by Crippen LogP contribution is 2.28. The van der Waals surface area contributed by atoms with Crippen molar-refractivity contribution in [2.45, 2.75) is 12.1 Å². The minimum Gasteiger partial charge on any atom is -0.462 e. The number of esters is 1. The third-order valence-corrected chi connectivity index (χ3v) is 4.67. The topological polar surface area (TPSA) is 94.3 Å². The van der Waals surface area contributed by atoms with Crippen molar-refractivity contribution in [2.24, 2.45) is 0 Å². The molecule has 28 heavy (non-hydrogen) atoms. The van der Waals surface area contributed by atoms with Crippen molar-refractivity contribution >= 4 is 40.9 Å². The van der Waals surface area contributed by atoms with Gasteiger partial charge >= 0.3 is 5.97 Å². The molecule has 0 bridgehead atoms. The molecule has 0 aliphatic heterocycles. The second-order valence-electron chi connectivity index (χ2n) is 5.49. The summed E-state index contributed by atoms with van der Waals surface area (Å²) in [7, 11) is 0. The number of ether oxygens (including phenoxy) is 1. The Labute approximate surface area is 170 Å². The molecule has 144 valence electrons. The summed E-state index contributed by atoms with van der Waals surface area (Å²) in [6.45, 7) is 2.05. The molecule has 0 aliphatic carbocycles. The van der Waals surface area contributed by atoms with Crippen LogP contribution in [0.3, 0.4) is 0 Å². The van der Waals surface area contributed by atoms with E-state index in [9.17, 15) is 9.59 Å². The molecule has 3 aromatic rings. The summed E-state index contributed by atoms with van der Waals surface area (Å²) in [4.78, 5) is 23.7. The van der Waals surface area contributed by atoms with Crippen molar-refractivity contribution in [3.63, 3.8) is 0 Å². The number of hydrogen-bond donors (Lipinski definition) is 1. The minimum atomic E-state index is -0.401. The number of hydrogen-bond acceptors (Lipinski definition) is 7. The van der Waals surface area contributed by atoms with E-state index in [0.717, 1.165) is 11.8 Å². The Kier molecular flexibility index (Phi) is 6.67. The highest BCUT2D eigenvalue weighted by Gasteiger charge is 2.13. The molecule has 1 amide bonds. The van der Waals surface area contributed by atoms with Crippen molar-refractivity contribution in [3.8, 4) is 11.5 Å². The second kappa shape index (κ2) is 9.38. The molecule has 0 spiro atoms. The maximum atomic E-state index is 12.1. The van der Waals surface area contributed by atoms with E-state index in [1.54, 1.807) is 43.3 Å². The number of aromatic nitrogens is 2. The number of carbonyl (C=O) groups is 2. The lowest BCUT2D eigenvalue weighted by atomic mass is 10.2. The van der Waals surface area contributed by atoms with Crippen LogP contribution in [0.25, 0.3) is 11.5 Å². The Morgan fingerprint density at radius 1 is 1.14 bits per heavy atom. The lowest BCUT2D eigenvalue weighted by Gasteiger charge is -2.05. The fraction of sp³-hybridized carbons (Fsp3) is 0.158. The van der Waals surface area contributed by atoms with Gasteiger partial charge in [0.2, 0.25) is 11.8 Å². The van der Waals surface area contributed by atoms with Gasteiger partial charge in [0.25, 0.3) is 5.22 Å². The molecule has 2 aromatic carbocycles. The number of halogens is 1. The zero-order chi connectivity index (χ0) is 19.9. The van der Waals surface area contributed by atoms with Gasteiger partial charge in [-0.25, -0.2) is 4.79 Å². The first-order valence-corrected chi connectivity index (χ1v) is 9.71. The van der Waals surface area contributed by atoms with E-state index in [1.165, 1.54) is 0 Å². The molecule has 0 fully saturated rings. The van der Waals surface area contributed by atoms with Gasteiger partial charge in [0, 0.05) is 5.69 Å². The van der Waals surface area contributed by atoms with Gasteiger partial charge in [-0.05, 0) is 43.3 Å². The van der Waals surface area contributed by atoms with Gasteiger partial charge in [-0.3, -0.25) is 4.79 Å². The monoisotopic (exact) mass is 417 g/mol. The van der Waals surface area contributed by atoms with Crippen LogP contribution in [0.4, 0.5) is 5.69 Å².